The number of aryl methyl sites for hydroxylation is 3. The molecule has 0 aromatic heterocycles. The van der Waals surface area contributed by atoms with Crippen molar-refractivity contribution in [2.45, 2.75) is 24.7 Å². The summed E-state index contributed by atoms with van der Waals surface area (Å²) in [7, 11) is -4.07. The van der Waals surface area contributed by atoms with Gasteiger partial charge in [0.25, 0.3) is 10.0 Å². The molecule has 0 heterocycles. The Bertz CT molecular complexity index is 1490. The molecule has 7 heteroatoms. The zero-order valence-corrected chi connectivity index (χ0v) is 19.4. The number of carbonyl (C=O) groups excluding carboxylic acids is 1. The van der Waals surface area contributed by atoms with Crippen LogP contribution in [-0.4, -0.2) is 20.9 Å². The molecule has 0 unspecified atom stereocenters. The molecular formula is C27H23FN2O3S. The van der Waals surface area contributed by atoms with Crippen molar-refractivity contribution >= 4 is 38.1 Å². The smallest absolute Gasteiger partial charge is 0.264 e. The fraction of sp³-hybridized carbons (Fsp3) is 0.148. The normalized spacial score (nSPS) is 12.6. The topological polar surface area (TPSA) is 66.5 Å². The SMILES string of the molecule is Cc1ccc(S(=O)(=O)N(CC(=O)Nc2ccc3c4c(cccc24)CC3)c2ccc(F)cc2)cc1. The third-order valence-electron chi connectivity index (χ3n) is 6.16. The maximum Gasteiger partial charge on any atom is 0.264 e. The van der Waals surface area contributed by atoms with E-state index in [1.165, 1.54) is 47.5 Å². The molecule has 1 aliphatic rings. The van der Waals surface area contributed by atoms with Crippen molar-refractivity contribution in [2.24, 2.45) is 0 Å². The number of hydrogen-bond donors (Lipinski definition) is 1. The van der Waals surface area contributed by atoms with Gasteiger partial charge < -0.3 is 5.32 Å². The first kappa shape index (κ1) is 22.1. The van der Waals surface area contributed by atoms with E-state index in [1.54, 1.807) is 12.1 Å². The molecule has 4 aromatic rings. The summed E-state index contributed by atoms with van der Waals surface area (Å²) in [5.74, 6) is -0.979. The van der Waals surface area contributed by atoms with Crippen LogP contribution in [0.4, 0.5) is 15.8 Å². The molecule has 0 fully saturated rings. The second kappa shape index (κ2) is 8.57. The van der Waals surface area contributed by atoms with E-state index in [2.05, 4.69) is 11.4 Å². The van der Waals surface area contributed by atoms with Gasteiger partial charge in [0.15, 0.2) is 0 Å². The van der Waals surface area contributed by atoms with Crippen LogP contribution in [0.15, 0.2) is 83.8 Å². The predicted octanol–water partition coefficient (Wildman–Crippen LogP) is 5.22. The molecule has 34 heavy (non-hydrogen) atoms. The molecule has 1 N–H and O–H groups in total. The Balaban J connectivity index is 1.48. The Morgan fingerprint density at radius 2 is 1.59 bits per heavy atom. The van der Waals surface area contributed by atoms with Gasteiger partial charge >= 0.3 is 0 Å². The minimum Gasteiger partial charge on any atom is -0.324 e. The van der Waals surface area contributed by atoms with E-state index in [0.29, 0.717) is 5.69 Å². The number of halogens is 1. The number of nitrogens with one attached hydrogen (secondary N) is 1. The van der Waals surface area contributed by atoms with Gasteiger partial charge in [-0.05, 0) is 78.7 Å². The maximum atomic E-state index is 13.5. The molecule has 172 valence electrons. The lowest BCUT2D eigenvalue weighted by molar-refractivity contribution is -0.114. The summed E-state index contributed by atoms with van der Waals surface area (Å²) in [5.41, 5.74) is 4.26. The summed E-state index contributed by atoms with van der Waals surface area (Å²) < 4.78 is 41.5. The lowest BCUT2D eigenvalue weighted by atomic mass is 10.0. The third kappa shape index (κ3) is 4.03. The molecule has 0 atom stereocenters. The first-order valence-corrected chi connectivity index (χ1v) is 12.5. The van der Waals surface area contributed by atoms with Gasteiger partial charge in [-0.2, -0.15) is 0 Å². The number of rotatable bonds is 6. The number of sulfonamides is 1. The number of benzene rings is 4. The fourth-order valence-electron chi connectivity index (χ4n) is 4.44. The molecule has 0 aliphatic heterocycles. The molecule has 5 nitrogen and oxygen atoms in total. The van der Waals surface area contributed by atoms with Gasteiger partial charge in [-0.1, -0.05) is 42.0 Å². The highest BCUT2D eigenvalue weighted by Crippen LogP contribution is 2.35. The van der Waals surface area contributed by atoms with Crippen LogP contribution in [0, 0.1) is 12.7 Å². The van der Waals surface area contributed by atoms with E-state index in [9.17, 15) is 17.6 Å². The highest BCUT2D eigenvalue weighted by Gasteiger charge is 2.28. The summed E-state index contributed by atoms with van der Waals surface area (Å²) in [6.07, 6.45) is 1.94. The molecule has 0 saturated carbocycles. The monoisotopic (exact) mass is 474 g/mol. The molecule has 1 amide bonds. The molecule has 5 rings (SSSR count). The van der Waals surface area contributed by atoms with Gasteiger partial charge in [0.05, 0.1) is 10.6 Å². The van der Waals surface area contributed by atoms with Crippen molar-refractivity contribution in [3.05, 3.63) is 101 Å². The van der Waals surface area contributed by atoms with Crippen LogP contribution >= 0.6 is 0 Å². The fourth-order valence-corrected chi connectivity index (χ4v) is 5.86. The largest absolute Gasteiger partial charge is 0.324 e. The van der Waals surface area contributed by atoms with E-state index in [4.69, 9.17) is 0 Å². The summed E-state index contributed by atoms with van der Waals surface area (Å²) in [5, 5.41) is 4.99. The Labute approximate surface area is 197 Å². The quantitative estimate of drug-likeness (QED) is 0.417. The Morgan fingerprint density at radius 3 is 2.29 bits per heavy atom. The van der Waals surface area contributed by atoms with Crippen molar-refractivity contribution < 1.29 is 17.6 Å². The van der Waals surface area contributed by atoms with Crippen LogP contribution in [0.5, 0.6) is 0 Å². The van der Waals surface area contributed by atoms with Crippen molar-refractivity contribution in [3.8, 4) is 0 Å². The van der Waals surface area contributed by atoms with Gasteiger partial charge in [0, 0.05) is 11.1 Å². The number of anilines is 2. The van der Waals surface area contributed by atoms with Crippen molar-refractivity contribution in [1.82, 2.24) is 0 Å². The van der Waals surface area contributed by atoms with Gasteiger partial charge in [-0.25, -0.2) is 12.8 Å². The first-order valence-electron chi connectivity index (χ1n) is 11.0. The Hall–Kier alpha value is -3.71. The van der Waals surface area contributed by atoms with Crippen LogP contribution in [0.2, 0.25) is 0 Å². The predicted molar refractivity (Wildman–Crippen MR) is 132 cm³/mol. The summed E-state index contributed by atoms with van der Waals surface area (Å²) in [4.78, 5) is 13.2. The molecule has 1 aliphatic carbocycles. The van der Waals surface area contributed by atoms with E-state index >= 15 is 0 Å². The van der Waals surface area contributed by atoms with Crippen LogP contribution in [0.1, 0.15) is 16.7 Å². The van der Waals surface area contributed by atoms with E-state index in [-0.39, 0.29) is 10.6 Å². The summed E-state index contributed by atoms with van der Waals surface area (Å²) in [6.45, 7) is 1.41. The molecule has 4 aromatic carbocycles. The Morgan fingerprint density at radius 1 is 0.912 bits per heavy atom. The van der Waals surface area contributed by atoms with Gasteiger partial charge in [-0.15, -0.1) is 0 Å². The molecule has 0 saturated heterocycles. The Kier molecular flexibility index (Phi) is 5.57. The average Bonchev–Trinajstić information content (AvgIpc) is 3.25. The second-order valence-electron chi connectivity index (χ2n) is 8.46. The van der Waals surface area contributed by atoms with E-state index < -0.39 is 28.3 Å². The van der Waals surface area contributed by atoms with Crippen LogP contribution in [0.3, 0.4) is 0 Å². The lowest BCUT2D eigenvalue weighted by Crippen LogP contribution is -2.38. The number of carbonyl (C=O) groups is 1. The van der Waals surface area contributed by atoms with Crippen molar-refractivity contribution in [1.29, 1.82) is 0 Å². The third-order valence-corrected chi connectivity index (χ3v) is 7.95. The van der Waals surface area contributed by atoms with Gasteiger partial charge in [0.1, 0.15) is 12.4 Å². The lowest BCUT2D eigenvalue weighted by Gasteiger charge is -2.24. The highest BCUT2D eigenvalue weighted by molar-refractivity contribution is 7.92. The zero-order chi connectivity index (χ0) is 23.9. The second-order valence-corrected chi connectivity index (χ2v) is 10.3. The number of amides is 1. The summed E-state index contributed by atoms with van der Waals surface area (Å²) in [6, 6.07) is 21.4. The van der Waals surface area contributed by atoms with Crippen LogP contribution in [0.25, 0.3) is 10.8 Å². The first-order chi connectivity index (χ1) is 16.3. The van der Waals surface area contributed by atoms with Gasteiger partial charge in [-0.3, -0.25) is 9.10 Å². The number of hydrogen-bond acceptors (Lipinski definition) is 3. The summed E-state index contributed by atoms with van der Waals surface area (Å²) >= 11 is 0. The minimum absolute atomic E-state index is 0.0561. The van der Waals surface area contributed by atoms with Gasteiger partial charge in [0.2, 0.25) is 5.91 Å². The highest BCUT2D eigenvalue weighted by atomic mass is 32.2. The van der Waals surface area contributed by atoms with Crippen LogP contribution < -0.4 is 9.62 Å². The van der Waals surface area contributed by atoms with Crippen LogP contribution in [-0.2, 0) is 27.7 Å². The molecule has 0 radical (unpaired) electrons. The zero-order valence-electron chi connectivity index (χ0n) is 18.6. The van der Waals surface area contributed by atoms with E-state index in [0.717, 1.165) is 33.5 Å². The maximum absolute atomic E-state index is 13.5. The standard InChI is InChI=1S/C27H23FN2O3S/c1-18-5-14-23(15-6-18)34(32,33)30(22-12-10-21(28)11-13-22)17-26(31)29-25-16-9-20-8-7-19-3-2-4-24(25)27(19)20/h2-6,9-16H,7-8,17H2,1H3,(H,29,31). The van der Waals surface area contributed by atoms with Crippen molar-refractivity contribution in [2.75, 3.05) is 16.2 Å². The molecule has 0 bridgehead atoms. The van der Waals surface area contributed by atoms with Crippen molar-refractivity contribution in [3.63, 3.8) is 0 Å². The van der Waals surface area contributed by atoms with E-state index in [1.807, 2.05) is 31.2 Å². The molecule has 0 spiro atoms. The minimum atomic E-state index is -4.07. The molecular weight excluding hydrogens is 451 g/mol. The number of nitrogens with zero attached hydrogens (tertiary/aromatic N) is 1. The average molecular weight is 475 g/mol.